The van der Waals surface area contributed by atoms with Gasteiger partial charge in [0.2, 0.25) is 5.06 Å². The lowest BCUT2D eigenvalue weighted by Gasteiger charge is -2.47. The molecule has 1 N–H and O–H groups in total. The molecule has 0 aromatic heterocycles. The maximum Gasteiger partial charge on any atom is 0.207 e. The summed E-state index contributed by atoms with van der Waals surface area (Å²) < 4.78 is -2.47. The molecule has 3 atom stereocenters. The van der Waals surface area contributed by atoms with Gasteiger partial charge in [0, 0.05) is 4.48 Å². The van der Waals surface area contributed by atoms with Crippen LogP contribution in [-0.2, 0) is 0 Å². The quantitative estimate of drug-likeness (QED) is 0.411. The summed E-state index contributed by atoms with van der Waals surface area (Å²) in [6, 6.07) is 0. The van der Waals surface area contributed by atoms with E-state index in [0.717, 1.165) is 0 Å². The van der Waals surface area contributed by atoms with Crippen LogP contribution in [0.15, 0.2) is 8.96 Å². The number of hydrogen-bond donors (Lipinski definition) is 1. The summed E-state index contributed by atoms with van der Waals surface area (Å²) in [7, 11) is 0. The van der Waals surface area contributed by atoms with E-state index in [1.807, 2.05) is 0 Å². The minimum Gasteiger partial charge on any atom is -0.368 e. The highest BCUT2D eigenvalue weighted by molar-refractivity contribution is 9.16. The molecule has 0 saturated heterocycles. The molecule has 0 aromatic carbocycles. The van der Waals surface area contributed by atoms with Gasteiger partial charge < -0.3 is 5.11 Å². The van der Waals surface area contributed by atoms with Gasteiger partial charge in [-0.3, -0.25) is 0 Å². The topological polar surface area (TPSA) is 20.2 Å². The van der Waals surface area contributed by atoms with Gasteiger partial charge in [-0.2, -0.15) is 0 Å². The fourth-order valence-electron chi connectivity index (χ4n) is 0.947. The summed E-state index contributed by atoms with van der Waals surface area (Å²) in [6.07, 6.45) is 0. The van der Waals surface area contributed by atoms with Gasteiger partial charge in [-0.15, -0.1) is 11.6 Å². The van der Waals surface area contributed by atoms with E-state index in [9.17, 15) is 5.11 Å². The Morgan fingerprint density at radius 2 is 1.53 bits per heavy atom. The van der Waals surface area contributed by atoms with Crippen molar-refractivity contribution in [3.05, 3.63) is 8.96 Å². The van der Waals surface area contributed by atoms with Gasteiger partial charge in [-0.05, 0) is 0 Å². The average Bonchev–Trinajstić information content (AvgIpc) is 2.12. The maximum absolute atomic E-state index is 10.0. The molecule has 88 valence electrons. The van der Waals surface area contributed by atoms with Crippen LogP contribution < -0.4 is 0 Å². The van der Waals surface area contributed by atoms with Crippen LogP contribution in [0.3, 0.4) is 0 Å². The molecular weight excluding hydrogens is 549 g/mol. The fourth-order valence-corrected chi connectivity index (χ4v) is 5.61. The van der Waals surface area contributed by atoms with Gasteiger partial charge in [0.1, 0.15) is 0 Å². The highest BCUT2D eigenvalue weighted by atomic mass is 79.9. The standard InChI is InChI=1S/C6H2Br4Cl4O/c7-1-2(8)4(10,11)6(13,14)5(12,15)3(1)9/h2,15H. The Hall–Kier alpha value is 2.78. The minimum absolute atomic E-state index is 0.222. The molecule has 0 spiro atoms. The molecule has 0 aliphatic heterocycles. The van der Waals surface area contributed by atoms with Crippen LogP contribution >= 0.6 is 110 Å². The Morgan fingerprint density at radius 1 is 1.13 bits per heavy atom. The van der Waals surface area contributed by atoms with Crippen LogP contribution in [0.5, 0.6) is 0 Å². The Balaban J connectivity index is 3.49. The molecule has 15 heavy (non-hydrogen) atoms. The molecule has 1 aliphatic carbocycles. The summed E-state index contributed by atoms with van der Waals surface area (Å²) in [6.45, 7) is 0. The predicted molar refractivity (Wildman–Crippen MR) is 80.3 cm³/mol. The van der Waals surface area contributed by atoms with Crippen molar-refractivity contribution in [1.82, 2.24) is 0 Å². The summed E-state index contributed by atoms with van der Waals surface area (Å²) >= 11 is 36.8. The van der Waals surface area contributed by atoms with Crippen molar-refractivity contribution < 1.29 is 5.11 Å². The van der Waals surface area contributed by atoms with Crippen molar-refractivity contribution in [3.63, 3.8) is 0 Å². The lowest BCUT2D eigenvalue weighted by molar-refractivity contribution is 0.146. The molecule has 0 fully saturated rings. The van der Waals surface area contributed by atoms with Crippen LogP contribution in [-0.4, -0.2) is 23.1 Å². The third-order valence-electron chi connectivity index (χ3n) is 1.88. The van der Waals surface area contributed by atoms with Crippen LogP contribution in [0.2, 0.25) is 0 Å². The van der Waals surface area contributed by atoms with Crippen LogP contribution in [0.4, 0.5) is 0 Å². The summed E-state index contributed by atoms with van der Waals surface area (Å²) in [5.74, 6) is 0. The normalized spacial score (nSPS) is 45.8. The monoisotopic (exact) mass is 546 g/mol. The number of alkyl halides is 6. The van der Waals surface area contributed by atoms with Crippen molar-refractivity contribution >= 4 is 110 Å². The van der Waals surface area contributed by atoms with Gasteiger partial charge in [-0.25, -0.2) is 0 Å². The molecule has 1 aliphatic rings. The average molecular weight is 552 g/mol. The second-order valence-electron chi connectivity index (χ2n) is 2.84. The van der Waals surface area contributed by atoms with Crippen molar-refractivity contribution in [3.8, 4) is 0 Å². The molecule has 0 bridgehead atoms. The second-order valence-corrected chi connectivity index (χ2v) is 9.58. The molecule has 9 heteroatoms. The first kappa shape index (κ1) is 15.8. The second kappa shape index (κ2) is 4.71. The number of halogens is 8. The lowest BCUT2D eigenvalue weighted by atomic mass is 10.0. The maximum atomic E-state index is 10.0. The fraction of sp³-hybridized carbons (Fsp3) is 0.667. The highest BCUT2D eigenvalue weighted by Crippen LogP contribution is 2.64. The van der Waals surface area contributed by atoms with Crippen molar-refractivity contribution in [2.45, 2.75) is 18.0 Å². The van der Waals surface area contributed by atoms with E-state index in [4.69, 9.17) is 46.4 Å². The van der Waals surface area contributed by atoms with E-state index in [-0.39, 0.29) is 4.48 Å². The van der Waals surface area contributed by atoms with Gasteiger partial charge in [0.25, 0.3) is 0 Å². The molecule has 0 amide bonds. The smallest absolute Gasteiger partial charge is 0.207 e. The molecule has 3 unspecified atom stereocenters. The first-order valence-corrected chi connectivity index (χ1v) is 8.15. The van der Waals surface area contributed by atoms with E-state index in [1.54, 1.807) is 0 Å². The van der Waals surface area contributed by atoms with Crippen LogP contribution in [0.25, 0.3) is 0 Å². The first-order chi connectivity index (χ1) is 6.48. The van der Waals surface area contributed by atoms with Crippen LogP contribution in [0, 0.1) is 0 Å². The number of aliphatic hydroxyl groups is 1. The lowest BCUT2D eigenvalue weighted by Crippen LogP contribution is -2.60. The summed E-state index contributed by atoms with van der Waals surface area (Å²) in [4.78, 5) is -0.463. The molecule has 0 aromatic rings. The molecule has 0 saturated carbocycles. The molecule has 0 heterocycles. The third kappa shape index (κ3) is 2.20. The molecule has 1 nitrogen and oxygen atoms in total. The van der Waals surface area contributed by atoms with Crippen molar-refractivity contribution in [2.24, 2.45) is 0 Å². The third-order valence-corrected chi connectivity index (χ3v) is 11.1. The van der Waals surface area contributed by atoms with E-state index < -0.39 is 18.0 Å². The number of allylic oxidation sites excluding steroid dienone is 1. The zero-order chi connectivity index (χ0) is 12.2. The van der Waals surface area contributed by atoms with E-state index in [0.29, 0.717) is 4.48 Å². The largest absolute Gasteiger partial charge is 0.368 e. The van der Waals surface area contributed by atoms with Gasteiger partial charge in [-0.1, -0.05) is 98.5 Å². The summed E-state index contributed by atoms with van der Waals surface area (Å²) in [5, 5.41) is 7.99. The molecule has 1 rings (SSSR count). The zero-order valence-corrected chi connectivity index (χ0v) is 15.9. The Morgan fingerprint density at radius 3 is 1.93 bits per heavy atom. The highest BCUT2D eigenvalue weighted by Gasteiger charge is 2.67. The van der Waals surface area contributed by atoms with Crippen LogP contribution in [0.1, 0.15) is 0 Å². The first-order valence-electron chi connectivity index (χ1n) is 3.34. The van der Waals surface area contributed by atoms with Crippen molar-refractivity contribution in [1.29, 1.82) is 0 Å². The minimum atomic E-state index is -2.04. The number of rotatable bonds is 0. The van der Waals surface area contributed by atoms with Gasteiger partial charge in [0.05, 0.1) is 9.31 Å². The van der Waals surface area contributed by atoms with Gasteiger partial charge >= 0.3 is 0 Å². The van der Waals surface area contributed by atoms with Gasteiger partial charge in [0.15, 0.2) is 8.12 Å². The summed E-state index contributed by atoms with van der Waals surface area (Å²) in [5.41, 5.74) is 0. The Kier molecular flexibility index (Phi) is 4.97. The van der Waals surface area contributed by atoms with E-state index in [1.165, 1.54) is 0 Å². The molecule has 0 radical (unpaired) electrons. The zero-order valence-electron chi connectivity index (χ0n) is 6.55. The number of hydrogen-bond acceptors (Lipinski definition) is 1. The molecular formula is C6H2Br4Cl4O. The Bertz CT molecular complexity index is 327. The van der Waals surface area contributed by atoms with Crippen molar-refractivity contribution in [2.75, 3.05) is 0 Å². The predicted octanol–water partition coefficient (Wildman–Crippen LogP) is 5.20. The Labute approximate surface area is 140 Å². The SMILES string of the molecule is OC1(Cl)C(Br)=C(Br)C(Br)C(Cl)(Br)C1(Cl)Cl. The van der Waals surface area contributed by atoms with E-state index in [2.05, 4.69) is 63.7 Å². The van der Waals surface area contributed by atoms with E-state index >= 15 is 0 Å².